The van der Waals surface area contributed by atoms with E-state index in [4.69, 9.17) is 0 Å². The van der Waals surface area contributed by atoms with Gasteiger partial charge in [-0.3, -0.25) is 0 Å². The lowest BCUT2D eigenvalue weighted by Crippen LogP contribution is -2.00. The number of aromatic hydroxyl groups is 1. The van der Waals surface area contributed by atoms with Gasteiger partial charge in [0, 0.05) is 16.7 Å². The molecule has 0 aliphatic carbocycles. The number of hydrogen-bond donors (Lipinski definition) is 2. The van der Waals surface area contributed by atoms with Crippen LogP contribution in [0.15, 0.2) is 45.3 Å². The van der Waals surface area contributed by atoms with Gasteiger partial charge in [0.15, 0.2) is 0 Å². The van der Waals surface area contributed by atoms with Gasteiger partial charge in [-0.2, -0.15) is 0 Å². The largest absolute Gasteiger partial charge is 0.507 e. The average Bonchev–Trinajstić information content (AvgIpc) is 2.32. The first-order valence-corrected chi connectivity index (χ1v) is 7.12. The monoisotopic (exact) mass is 369 g/mol. The summed E-state index contributed by atoms with van der Waals surface area (Å²) in [7, 11) is 0. The molecule has 0 saturated heterocycles. The first-order chi connectivity index (χ1) is 8.56. The van der Waals surface area contributed by atoms with E-state index in [9.17, 15) is 5.11 Å². The molecule has 0 aromatic heterocycles. The van der Waals surface area contributed by atoms with Crippen LogP contribution in [0.4, 0.5) is 5.69 Å². The molecule has 0 heterocycles. The fraction of sp³-hybridized carbons (Fsp3) is 0.143. The van der Waals surface area contributed by atoms with Gasteiger partial charge in [0.1, 0.15) is 5.75 Å². The van der Waals surface area contributed by atoms with Crippen LogP contribution in [-0.2, 0) is 6.54 Å². The number of phenolic OH excluding ortho intramolecular Hbond substituents is 1. The summed E-state index contributed by atoms with van der Waals surface area (Å²) >= 11 is 6.76. The molecular formula is C14H13Br2NO. The van der Waals surface area contributed by atoms with Crippen molar-refractivity contribution in [2.45, 2.75) is 13.5 Å². The zero-order valence-corrected chi connectivity index (χ0v) is 13.0. The van der Waals surface area contributed by atoms with Gasteiger partial charge in [0.2, 0.25) is 0 Å². The minimum Gasteiger partial charge on any atom is -0.507 e. The molecule has 0 bridgehead atoms. The summed E-state index contributed by atoms with van der Waals surface area (Å²) in [6.45, 7) is 2.79. The minimum absolute atomic E-state index is 0.263. The maximum atomic E-state index is 9.43. The second-order valence-corrected chi connectivity index (χ2v) is 5.87. The molecule has 0 unspecified atom stereocenters. The molecule has 0 radical (unpaired) electrons. The predicted molar refractivity (Wildman–Crippen MR) is 82.0 cm³/mol. The second-order valence-electron chi connectivity index (χ2n) is 4.10. The lowest BCUT2D eigenvalue weighted by atomic mass is 10.1. The van der Waals surface area contributed by atoms with E-state index in [2.05, 4.69) is 56.2 Å². The summed E-state index contributed by atoms with van der Waals surface area (Å²) in [6.07, 6.45) is 0. The van der Waals surface area contributed by atoms with E-state index in [-0.39, 0.29) is 5.75 Å². The molecule has 18 heavy (non-hydrogen) atoms. The third-order valence-electron chi connectivity index (χ3n) is 2.68. The first kappa shape index (κ1) is 13.4. The van der Waals surface area contributed by atoms with Crippen LogP contribution < -0.4 is 5.32 Å². The number of hydrogen-bond acceptors (Lipinski definition) is 2. The van der Waals surface area contributed by atoms with Gasteiger partial charge in [0.05, 0.1) is 4.47 Å². The van der Waals surface area contributed by atoms with E-state index in [0.29, 0.717) is 4.47 Å². The summed E-state index contributed by atoms with van der Waals surface area (Å²) in [4.78, 5) is 0. The van der Waals surface area contributed by atoms with Crippen molar-refractivity contribution in [2.24, 2.45) is 0 Å². The third kappa shape index (κ3) is 3.27. The Labute approximate surface area is 123 Å². The van der Waals surface area contributed by atoms with Crippen molar-refractivity contribution in [1.82, 2.24) is 0 Å². The van der Waals surface area contributed by atoms with E-state index in [0.717, 1.165) is 22.3 Å². The number of nitrogens with one attached hydrogen (secondary N) is 1. The summed E-state index contributed by atoms with van der Waals surface area (Å²) in [5.74, 6) is 0.263. The number of halogens is 2. The molecule has 0 aliphatic heterocycles. The van der Waals surface area contributed by atoms with Crippen molar-refractivity contribution in [3.05, 3.63) is 56.5 Å². The van der Waals surface area contributed by atoms with Crippen molar-refractivity contribution in [3.8, 4) is 5.75 Å². The van der Waals surface area contributed by atoms with E-state index in [1.807, 2.05) is 18.2 Å². The van der Waals surface area contributed by atoms with E-state index >= 15 is 0 Å². The predicted octanol–water partition coefficient (Wildman–Crippen LogP) is 4.84. The molecule has 4 heteroatoms. The standard InChI is InChI=1S/C14H13Br2NO/c1-9-6-11(15)3-4-13(9)17-8-10-2-5-14(18)12(16)7-10/h2-7,17-18H,8H2,1H3. The normalized spacial score (nSPS) is 10.4. The highest BCUT2D eigenvalue weighted by Gasteiger charge is 2.01. The maximum absolute atomic E-state index is 9.43. The van der Waals surface area contributed by atoms with Crippen LogP contribution in [0.3, 0.4) is 0 Å². The van der Waals surface area contributed by atoms with Gasteiger partial charge in [0.25, 0.3) is 0 Å². The molecule has 94 valence electrons. The van der Waals surface area contributed by atoms with Gasteiger partial charge >= 0.3 is 0 Å². The zero-order valence-electron chi connectivity index (χ0n) is 9.87. The minimum atomic E-state index is 0.263. The Balaban J connectivity index is 2.09. The van der Waals surface area contributed by atoms with Crippen LogP contribution >= 0.6 is 31.9 Å². The lowest BCUT2D eigenvalue weighted by molar-refractivity contribution is 0.471. The summed E-state index contributed by atoms with van der Waals surface area (Å²) in [6, 6.07) is 11.7. The van der Waals surface area contributed by atoms with Gasteiger partial charge in [-0.1, -0.05) is 22.0 Å². The van der Waals surface area contributed by atoms with E-state index in [1.165, 1.54) is 5.56 Å². The highest BCUT2D eigenvalue weighted by Crippen LogP contribution is 2.25. The van der Waals surface area contributed by atoms with Crippen molar-refractivity contribution in [1.29, 1.82) is 0 Å². The molecule has 2 N–H and O–H groups in total. The first-order valence-electron chi connectivity index (χ1n) is 5.53. The van der Waals surface area contributed by atoms with Gasteiger partial charge in [-0.15, -0.1) is 0 Å². The van der Waals surface area contributed by atoms with Crippen molar-refractivity contribution in [3.63, 3.8) is 0 Å². The molecular weight excluding hydrogens is 358 g/mol. The van der Waals surface area contributed by atoms with Crippen molar-refractivity contribution < 1.29 is 5.11 Å². The van der Waals surface area contributed by atoms with Crippen molar-refractivity contribution in [2.75, 3.05) is 5.32 Å². The number of rotatable bonds is 3. The van der Waals surface area contributed by atoms with Crippen LogP contribution in [0.5, 0.6) is 5.75 Å². The highest BCUT2D eigenvalue weighted by molar-refractivity contribution is 9.10. The van der Waals surface area contributed by atoms with Gasteiger partial charge in [-0.05, 0) is 64.3 Å². The Morgan fingerprint density at radius 1 is 1.11 bits per heavy atom. The number of anilines is 1. The molecule has 2 rings (SSSR count). The molecule has 2 nitrogen and oxygen atoms in total. The van der Waals surface area contributed by atoms with Crippen LogP contribution in [-0.4, -0.2) is 5.11 Å². The van der Waals surface area contributed by atoms with E-state index in [1.54, 1.807) is 6.07 Å². The Morgan fingerprint density at radius 2 is 1.89 bits per heavy atom. The smallest absolute Gasteiger partial charge is 0.129 e. The fourth-order valence-electron chi connectivity index (χ4n) is 1.68. The third-order valence-corrected chi connectivity index (χ3v) is 3.81. The molecule has 0 atom stereocenters. The van der Waals surface area contributed by atoms with Gasteiger partial charge in [-0.25, -0.2) is 0 Å². The number of benzene rings is 2. The Kier molecular flexibility index (Phi) is 4.30. The average molecular weight is 371 g/mol. The summed E-state index contributed by atoms with van der Waals surface area (Å²) in [5, 5.41) is 12.8. The Hall–Kier alpha value is -1.00. The maximum Gasteiger partial charge on any atom is 0.129 e. The number of phenols is 1. The molecule has 0 amide bonds. The SMILES string of the molecule is Cc1cc(Br)ccc1NCc1ccc(O)c(Br)c1. The van der Waals surface area contributed by atoms with Crippen LogP contribution in [0.2, 0.25) is 0 Å². The van der Waals surface area contributed by atoms with Crippen LogP contribution in [0.25, 0.3) is 0 Å². The molecule has 2 aromatic rings. The molecule has 0 fully saturated rings. The van der Waals surface area contributed by atoms with E-state index < -0.39 is 0 Å². The highest BCUT2D eigenvalue weighted by atomic mass is 79.9. The molecule has 0 aliphatic rings. The Bertz CT molecular complexity index is 570. The van der Waals surface area contributed by atoms with Crippen LogP contribution in [0, 0.1) is 6.92 Å². The summed E-state index contributed by atoms with van der Waals surface area (Å²) < 4.78 is 1.80. The molecule has 0 saturated carbocycles. The Morgan fingerprint density at radius 3 is 2.56 bits per heavy atom. The van der Waals surface area contributed by atoms with Gasteiger partial charge < -0.3 is 10.4 Å². The second kappa shape index (κ2) is 5.76. The number of aryl methyl sites for hydroxylation is 1. The van der Waals surface area contributed by atoms with Crippen LogP contribution in [0.1, 0.15) is 11.1 Å². The fourth-order valence-corrected chi connectivity index (χ4v) is 2.58. The molecule has 2 aromatic carbocycles. The summed E-state index contributed by atoms with van der Waals surface area (Å²) in [5.41, 5.74) is 3.42. The zero-order chi connectivity index (χ0) is 13.1. The lowest BCUT2D eigenvalue weighted by Gasteiger charge is -2.10. The quantitative estimate of drug-likeness (QED) is 0.810. The molecule has 0 spiro atoms. The van der Waals surface area contributed by atoms with Crippen molar-refractivity contribution >= 4 is 37.5 Å². The topological polar surface area (TPSA) is 32.3 Å².